The third-order valence-electron chi connectivity index (χ3n) is 4.18. The summed E-state index contributed by atoms with van der Waals surface area (Å²) >= 11 is 0. The smallest absolute Gasteiger partial charge is 0.0994 e. The maximum Gasteiger partial charge on any atom is 0.0994 e. The van der Waals surface area contributed by atoms with Crippen molar-refractivity contribution in [2.24, 2.45) is 0 Å². The second-order valence-electron chi connectivity index (χ2n) is 5.44. The Balaban J connectivity index is 2.08. The Morgan fingerprint density at radius 2 is 1.95 bits per heavy atom. The third-order valence-corrected chi connectivity index (χ3v) is 4.18. The van der Waals surface area contributed by atoms with Gasteiger partial charge in [0.15, 0.2) is 0 Å². The molecule has 0 bridgehead atoms. The Kier molecular flexibility index (Phi) is 3.16. The Morgan fingerprint density at radius 3 is 2.75 bits per heavy atom. The van der Waals surface area contributed by atoms with Gasteiger partial charge in [0.05, 0.1) is 11.6 Å². The minimum atomic E-state index is 0.784. The molecule has 1 aliphatic carbocycles. The second kappa shape index (κ2) is 4.98. The summed E-state index contributed by atoms with van der Waals surface area (Å²) < 4.78 is 0. The van der Waals surface area contributed by atoms with Gasteiger partial charge in [-0.15, -0.1) is 0 Å². The summed E-state index contributed by atoms with van der Waals surface area (Å²) in [6.45, 7) is 6.28. The summed E-state index contributed by atoms with van der Waals surface area (Å²) in [7, 11) is 0. The van der Waals surface area contributed by atoms with Gasteiger partial charge in [0.1, 0.15) is 0 Å². The van der Waals surface area contributed by atoms with Crippen molar-refractivity contribution >= 4 is 5.57 Å². The Hall–Kier alpha value is -2.33. The second-order valence-corrected chi connectivity index (χ2v) is 5.44. The number of fused-ring (bicyclic) bond motifs is 1. The molecular weight excluding hydrogens is 242 g/mol. The van der Waals surface area contributed by atoms with Crippen molar-refractivity contribution in [3.8, 4) is 6.07 Å². The normalized spacial score (nSPS) is 13.1. The van der Waals surface area contributed by atoms with Crippen molar-refractivity contribution < 1.29 is 0 Å². The van der Waals surface area contributed by atoms with Gasteiger partial charge in [-0.25, -0.2) is 0 Å². The number of allylic oxidation sites excluding steroid dienone is 1. The van der Waals surface area contributed by atoms with Gasteiger partial charge >= 0.3 is 0 Å². The van der Waals surface area contributed by atoms with Crippen molar-refractivity contribution in [3.05, 3.63) is 76.4 Å². The molecule has 98 valence electrons. The van der Waals surface area contributed by atoms with E-state index in [4.69, 9.17) is 0 Å². The lowest BCUT2D eigenvalue weighted by Gasteiger charge is -2.12. The van der Waals surface area contributed by atoms with Gasteiger partial charge in [-0.3, -0.25) is 0 Å². The van der Waals surface area contributed by atoms with E-state index in [1.54, 1.807) is 0 Å². The quantitative estimate of drug-likeness (QED) is 0.783. The summed E-state index contributed by atoms with van der Waals surface area (Å²) in [6.07, 6.45) is 2.98. The molecule has 20 heavy (non-hydrogen) atoms. The zero-order valence-corrected chi connectivity index (χ0v) is 11.7. The molecule has 0 fully saturated rings. The van der Waals surface area contributed by atoms with Crippen LogP contribution in [0.3, 0.4) is 0 Å². The predicted octanol–water partition coefficient (Wildman–Crippen LogP) is 4.42. The molecule has 0 heterocycles. The summed E-state index contributed by atoms with van der Waals surface area (Å²) in [6, 6.07) is 14.7. The Morgan fingerprint density at radius 1 is 1.15 bits per heavy atom. The molecule has 1 aliphatic rings. The fourth-order valence-electron chi connectivity index (χ4n) is 3.11. The standard InChI is InChI=1S/C19H17N/c1-13-5-3-8-17(12-20)18(13)11-16-7-4-6-15-10-9-14(2)19(15)16/h3-8H,2,9-11H2,1H3. The van der Waals surface area contributed by atoms with Crippen LogP contribution >= 0.6 is 0 Å². The zero-order valence-electron chi connectivity index (χ0n) is 11.7. The van der Waals surface area contributed by atoms with Crippen LogP contribution < -0.4 is 0 Å². The molecule has 1 heteroatoms. The van der Waals surface area contributed by atoms with E-state index in [1.807, 2.05) is 12.1 Å². The van der Waals surface area contributed by atoms with Crippen LogP contribution in [-0.2, 0) is 12.8 Å². The van der Waals surface area contributed by atoms with E-state index in [0.29, 0.717) is 0 Å². The van der Waals surface area contributed by atoms with Gasteiger partial charge < -0.3 is 0 Å². The molecule has 2 aromatic carbocycles. The molecule has 0 amide bonds. The third kappa shape index (κ3) is 2.04. The minimum Gasteiger partial charge on any atom is -0.192 e. The number of hydrogen-bond acceptors (Lipinski definition) is 1. The summed E-state index contributed by atoms with van der Waals surface area (Å²) in [5.74, 6) is 0. The van der Waals surface area contributed by atoms with Crippen molar-refractivity contribution in [1.29, 1.82) is 5.26 Å². The fourth-order valence-corrected chi connectivity index (χ4v) is 3.11. The van der Waals surface area contributed by atoms with Crippen LogP contribution in [0.1, 0.15) is 39.8 Å². The van der Waals surface area contributed by atoms with E-state index in [2.05, 4.69) is 43.8 Å². The zero-order chi connectivity index (χ0) is 14.1. The number of rotatable bonds is 2. The van der Waals surface area contributed by atoms with Gasteiger partial charge in [0.25, 0.3) is 0 Å². The van der Waals surface area contributed by atoms with Gasteiger partial charge in [0, 0.05) is 0 Å². The number of nitriles is 1. The summed E-state index contributed by atoms with van der Waals surface area (Å²) in [4.78, 5) is 0. The molecule has 0 aromatic heterocycles. The molecule has 0 radical (unpaired) electrons. The van der Waals surface area contributed by atoms with Crippen molar-refractivity contribution in [2.45, 2.75) is 26.2 Å². The van der Waals surface area contributed by atoms with E-state index in [1.165, 1.54) is 27.8 Å². The minimum absolute atomic E-state index is 0.784. The first-order valence-corrected chi connectivity index (χ1v) is 6.98. The van der Waals surface area contributed by atoms with Gasteiger partial charge in [-0.2, -0.15) is 5.26 Å². The van der Waals surface area contributed by atoms with Crippen LogP contribution in [-0.4, -0.2) is 0 Å². The molecule has 2 aromatic rings. The number of benzene rings is 2. The van der Waals surface area contributed by atoms with Crippen molar-refractivity contribution in [3.63, 3.8) is 0 Å². The van der Waals surface area contributed by atoms with Crippen molar-refractivity contribution in [2.75, 3.05) is 0 Å². The molecule has 0 saturated heterocycles. The van der Waals surface area contributed by atoms with Crippen LogP contribution in [0.2, 0.25) is 0 Å². The first-order valence-electron chi connectivity index (χ1n) is 6.98. The molecule has 0 aliphatic heterocycles. The largest absolute Gasteiger partial charge is 0.192 e. The van der Waals surface area contributed by atoms with E-state index in [0.717, 1.165) is 30.4 Å². The Labute approximate surface area is 120 Å². The van der Waals surface area contributed by atoms with Crippen LogP contribution in [0.4, 0.5) is 0 Å². The maximum absolute atomic E-state index is 9.30. The lowest BCUT2D eigenvalue weighted by atomic mass is 9.91. The van der Waals surface area contributed by atoms with Crippen LogP contribution in [0.5, 0.6) is 0 Å². The summed E-state index contributed by atoms with van der Waals surface area (Å²) in [5, 5.41) is 9.30. The lowest BCUT2D eigenvalue weighted by Crippen LogP contribution is -1.99. The molecule has 0 N–H and O–H groups in total. The van der Waals surface area contributed by atoms with E-state index >= 15 is 0 Å². The van der Waals surface area contributed by atoms with E-state index in [9.17, 15) is 5.26 Å². The van der Waals surface area contributed by atoms with Gasteiger partial charge in [-0.1, -0.05) is 36.9 Å². The molecule has 3 rings (SSSR count). The van der Waals surface area contributed by atoms with Gasteiger partial charge in [0.2, 0.25) is 0 Å². The van der Waals surface area contributed by atoms with E-state index < -0.39 is 0 Å². The average molecular weight is 259 g/mol. The predicted molar refractivity (Wildman–Crippen MR) is 82.5 cm³/mol. The van der Waals surface area contributed by atoms with Crippen LogP contribution in [0, 0.1) is 18.3 Å². The highest BCUT2D eigenvalue weighted by atomic mass is 14.3. The lowest BCUT2D eigenvalue weighted by molar-refractivity contribution is 1.08. The first kappa shape index (κ1) is 12.7. The topological polar surface area (TPSA) is 23.8 Å². The highest BCUT2D eigenvalue weighted by Crippen LogP contribution is 2.35. The Bertz CT molecular complexity index is 732. The summed E-state index contributed by atoms with van der Waals surface area (Å²) in [5.41, 5.74) is 8.39. The van der Waals surface area contributed by atoms with Crippen LogP contribution in [0.15, 0.2) is 43.0 Å². The number of hydrogen-bond donors (Lipinski definition) is 0. The van der Waals surface area contributed by atoms with Crippen LogP contribution in [0.25, 0.3) is 5.57 Å². The molecule has 0 atom stereocenters. The molecule has 0 saturated carbocycles. The van der Waals surface area contributed by atoms with Crippen molar-refractivity contribution in [1.82, 2.24) is 0 Å². The number of nitrogens with zero attached hydrogens (tertiary/aromatic N) is 1. The maximum atomic E-state index is 9.30. The molecular formula is C19H17N. The molecule has 0 spiro atoms. The monoisotopic (exact) mass is 259 g/mol. The molecule has 1 nitrogen and oxygen atoms in total. The van der Waals surface area contributed by atoms with E-state index in [-0.39, 0.29) is 0 Å². The fraction of sp³-hybridized carbons (Fsp3) is 0.211. The highest BCUT2D eigenvalue weighted by molar-refractivity contribution is 5.74. The average Bonchev–Trinajstić information content (AvgIpc) is 2.84. The molecule has 0 unspecified atom stereocenters. The first-order chi connectivity index (χ1) is 9.70. The highest BCUT2D eigenvalue weighted by Gasteiger charge is 2.18. The SMILES string of the molecule is C=C1CCc2cccc(Cc3c(C)cccc3C#N)c21. The van der Waals surface area contributed by atoms with Gasteiger partial charge in [-0.05, 0) is 65.6 Å². The number of aryl methyl sites for hydroxylation is 2.